The Balaban J connectivity index is 1.55. The van der Waals surface area contributed by atoms with Crippen molar-refractivity contribution >= 4 is 43.5 Å². The lowest BCUT2D eigenvalue weighted by Gasteiger charge is -2.34. The summed E-state index contributed by atoms with van der Waals surface area (Å²) >= 11 is 9.19. The van der Waals surface area contributed by atoms with E-state index < -0.39 is 15.8 Å². The average Bonchev–Trinajstić information content (AvgIpc) is 2.67. The maximum absolute atomic E-state index is 13.0. The van der Waals surface area contributed by atoms with E-state index in [1.807, 2.05) is 0 Å². The van der Waals surface area contributed by atoms with Crippen LogP contribution in [0.5, 0.6) is 5.75 Å². The van der Waals surface area contributed by atoms with Gasteiger partial charge in [0.05, 0.1) is 9.37 Å². The summed E-state index contributed by atoms with van der Waals surface area (Å²) in [6, 6.07) is 9.68. The Bertz CT molecular complexity index is 964. The molecule has 1 heterocycles. The zero-order valence-corrected chi connectivity index (χ0v) is 17.8. The minimum atomic E-state index is -3.71. The highest BCUT2D eigenvalue weighted by molar-refractivity contribution is 9.10. The maximum atomic E-state index is 13.0. The highest BCUT2D eigenvalue weighted by Gasteiger charge is 2.30. The van der Waals surface area contributed by atoms with Crippen LogP contribution in [0, 0.1) is 5.82 Å². The first-order chi connectivity index (χ1) is 13.3. The van der Waals surface area contributed by atoms with Gasteiger partial charge in [-0.25, -0.2) is 12.8 Å². The number of ether oxygens (including phenoxy) is 1. The van der Waals surface area contributed by atoms with E-state index >= 15 is 0 Å². The van der Waals surface area contributed by atoms with Crippen LogP contribution in [0.1, 0.15) is 0 Å². The van der Waals surface area contributed by atoms with E-state index in [0.29, 0.717) is 15.2 Å². The van der Waals surface area contributed by atoms with Crippen molar-refractivity contribution in [1.82, 2.24) is 9.21 Å². The highest BCUT2D eigenvalue weighted by atomic mass is 79.9. The third kappa shape index (κ3) is 4.83. The predicted molar refractivity (Wildman–Crippen MR) is 106 cm³/mol. The van der Waals surface area contributed by atoms with E-state index in [2.05, 4.69) is 15.9 Å². The molecule has 0 unspecified atom stereocenters. The van der Waals surface area contributed by atoms with Gasteiger partial charge in [-0.15, -0.1) is 0 Å². The first kappa shape index (κ1) is 21.0. The van der Waals surface area contributed by atoms with E-state index in [9.17, 15) is 17.6 Å². The molecule has 0 spiro atoms. The fraction of sp³-hybridized carbons (Fsp3) is 0.278. The Hall–Kier alpha value is -1.68. The van der Waals surface area contributed by atoms with Gasteiger partial charge in [0.1, 0.15) is 11.6 Å². The maximum Gasteiger partial charge on any atom is 0.260 e. The molecule has 1 aliphatic heterocycles. The van der Waals surface area contributed by atoms with Crippen molar-refractivity contribution in [2.45, 2.75) is 4.90 Å². The monoisotopic (exact) mass is 490 g/mol. The molecule has 0 radical (unpaired) electrons. The van der Waals surface area contributed by atoms with Crippen LogP contribution < -0.4 is 4.74 Å². The van der Waals surface area contributed by atoms with Gasteiger partial charge in [0.25, 0.3) is 5.91 Å². The summed E-state index contributed by atoms with van der Waals surface area (Å²) in [5.74, 6) is -0.238. The number of piperazine rings is 1. The van der Waals surface area contributed by atoms with Crippen LogP contribution in [0.15, 0.2) is 51.8 Å². The number of benzene rings is 2. The number of carbonyl (C=O) groups is 1. The molecule has 1 amide bonds. The van der Waals surface area contributed by atoms with Crippen molar-refractivity contribution in [3.63, 3.8) is 0 Å². The smallest absolute Gasteiger partial charge is 0.260 e. The highest BCUT2D eigenvalue weighted by Crippen LogP contribution is 2.28. The number of sulfonamides is 1. The number of carbonyl (C=O) groups excluding carboxylic acids is 1. The molecule has 1 aliphatic rings. The van der Waals surface area contributed by atoms with Gasteiger partial charge < -0.3 is 9.64 Å². The van der Waals surface area contributed by atoms with Crippen LogP contribution in [0.4, 0.5) is 4.39 Å². The normalized spacial score (nSPS) is 15.5. The molecule has 1 saturated heterocycles. The summed E-state index contributed by atoms with van der Waals surface area (Å²) in [6.07, 6.45) is 0. The van der Waals surface area contributed by atoms with Crippen molar-refractivity contribution in [2.75, 3.05) is 32.8 Å². The SMILES string of the molecule is O=C(COc1ccc(Cl)cc1Br)N1CCN(S(=O)(=O)c2ccc(F)cc2)CC1. The van der Waals surface area contributed by atoms with E-state index in [0.717, 1.165) is 12.1 Å². The molecular formula is C18H17BrClFN2O4S. The summed E-state index contributed by atoms with van der Waals surface area (Å²) in [6.45, 7) is 0.673. The second kappa shape index (κ2) is 8.77. The Labute approximate surface area is 176 Å². The largest absolute Gasteiger partial charge is 0.483 e. The summed E-state index contributed by atoms with van der Waals surface area (Å²) in [5, 5.41) is 0.545. The summed E-state index contributed by atoms with van der Waals surface area (Å²) in [7, 11) is -3.71. The molecule has 0 aromatic heterocycles. The predicted octanol–water partition coefficient (Wildman–Crippen LogP) is 3.15. The first-order valence-electron chi connectivity index (χ1n) is 8.39. The van der Waals surface area contributed by atoms with Gasteiger partial charge in [-0.2, -0.15) is 4.31 Å². The molecule has 0 aliphatic carbocycles. The van der Waals surface area contributed by atoms with Gasteiger partial charge in [-0.3, -0.25) is 4.79 Å². The van der Waals surface area contributed by atoms with Crippen LogP contribution in [0.3, 0.4) is 0 Å². The first-order valence-corrected chi connectivity index (χ1v) is 11.0. The van der Waals surface area contributed by atoms with Crippen molar-refractivity contribution in [1.29, 1.82) is 0 Å². The molecule has 0 atom stereocenters. The molecule has 2 aromatic rings. The fourth-order valence-corrected chi connectivity index (χ4v) is 4.98. The minimum absolute atomic E-state index is 0.0320. The number of hydrogen-bond acceptors (Lipinski definition) is 4. The molecule has 28 heavy (non-hydrogen) atoms. The van der Waals surface area contributed by atoms with Gasteiger partial charge in [0.2, 0.25) is 10.0 Å². The molecule has 1 fully saturated rings. The van der Waals surface area contributed by atoms with Crippen LogP contribution >= 0.6 is 27.5 Å². The third-order valence-corrected chi connectivity index (χ3v) is 7.06. The van der Waals surface area contributed by atoms with Crippen molar-refractivity contribution in [2.24, 2.45) is 0 Å². The van der Waals surface area contributed by atoms with E-state index in [-0.39, 0.29) is 43.6 Å². The van der Waals surface area contributed by atoms with Crippen LogP contribution in [0.25, 0.3) is 0 Å². The molecule has 6 nitrogen and oxygen atoms in total. The van der Waals surface area contributed by atoms with Gasteiger partial charge in [0, 0.05) is 31.2 Å². The molecule has 10 heteroatoms. The fourth-order valence-electron chi connectivity index (χ4n) is 2.76. The van der Waals surface area contributed by atoms with Gasteiger partial charge in [-0.05, 0) is 58.4 Å². The average molecular weight is 492 g/mol. The topological polar surface area (TPSA) is 66.9 Å². The number of amides is 1. The number of halogens is 3. The van der Waals surface area contributed by atoms with Crippen LogP contribution in [0.2, 0.25) is 5.02 Å². The second-order valence-electron chi connectivity index (χ2n) is 6.10. The Kier molecular flexibility index (Phi) is 6.59. The lowest BCUT2D eigenvalue weighted by Crippen LogP contribution is -2.51. The molecular weight excluding hydrogens is 475 g/mol. The molecule has 0 N–H and O–H groups in total. The summed E-state index contributed by atoms with van der Waals surface area (Å²) in [5.41, 5.74) is 0. The Morgan fingerprint density at radius 3 is 2.36 bits per heavy atom. The Morgan fingerprint density at radius 1 is 1.11 bits per heavy atom. The van der Waals surface area contributed by atoms with Gasteiger partial charge >= 0.3 is 0 Å². The second-order valence-corrected chi connectivity index (χ2v) is 9.33. The molecule has 0 bridgehead atoms. The standard InChI is InChI=1S/C18H17BrClFN2O4S/c19-16-11-13(20)1-6-17(16)27-12-18(24)22-7-9-23(10-8-22)28(25,26)15-4-2-14(21)3-5-15/h1-6,11H,7-10,12H2. The molecule has 0 saturated carbocycles. The quantitative estimate of drug-likeness (QED) is 0.644. The third-order valence-electron chi connectivity index (χ3n) is 4.29. The minimum Gasteiger partial charge on any atom is -0.483 e. The Morgan fingerprint density at radius 2 is 1.75 bits per heavy atom. The summed E-state index contributed by atoms with van der Waals surface area (Å²) in [4.78, 5) is 14.0. The van der Waals surface area contributed by atoms with Crippen molar-refractivity contribution in [3.05, 3.63) is 57.8 Å². The molecule has 2 aromatic carbocycles. The number of hydrogen-bond donors (Lipinski definition) is 0. The lowest BCUT2D eigenvalue weighted by atomic mass is 10.3. The van der Waals surface area contributed by atoms with E-state index in [1.54, 1.807) is 23.1 Å². The zero-order valence-electron chi connectivity index (χ0n) is 14.6. The zero-order chi connectivity index (χ0) is 20.3. The summed E-state index contributed by atoms with van der Waals surface area (Å²) < 4.78 is 45.7. The van der Waals surface area contributed by atoms with E-state index in [1.165, 1.54) is 16.4 Å². The van der Waals surface area contributed by atoms with Crippen molar-refractivity contribution < 1.29 is 22.3 Å². The molecule has 3 rings (SSSR count). The van der Waals surface area contributed by atoms with Crippen LogP contribution in [-0.2, 0) is 14.8 Å². The number of rotatable bonds is 5. The van der Waals surface area contributed by atoms with E-state index in [4.69, 9.17) is 16.3 Å². The number of nitrogens with zero attached hydrogens (tertiary/aromatic N) is 2. The lowest BCUT2D eigenvalue weighted by molar-refractivity contribution is -0.134. The van der Waals surface area contributed by atoms with Gasteiger partial charge in [0.15, 0.2) is 6.61 Å². The van der Waals surface area contributed by atoms with Crippen LogP contribution in [-0.4, -0.2) is 56.3 Å². The van der Waals surface area contributed by atoms with Crippen molar-refractivity contribution in [3.8, 4) is 5.75 Å². The van der Waals surface area contributed by atoms with Gasteiger partial charge in [-0.1, -0.05) is 11.6 Å². The molecule has 150 valence electrons.